The minimum Gasteiger partial charge on any atom is -0.207 e. The summed E-state index contributed by atoms with van der Waals surface area (Å²) >= 11 is 5.38. The van der Waals surface area contributed by atoms with E-state index in [-0.39, 0.29) is 5.02 Å². The summed E-state index contributed by atoms with van der Waals surface area (Å²) in [5.74, 6) is -1.17. The van der Waals surface area contributed by atoms with E-state index in [1.165, 1.54) is 0 Å². The number of rotatable bonds is 0. The Morgan fingerprint density at radius 2 is 1.88 bits per heavy atom. The van der Waals surface area contributed by atoms with Crippen molar-refractivity contribution in [3.8, 4) is 0 Å². The molecule has 0 spiro atoms. The third kappa shape index (κ3) is 1.20. The molecular formula is C6H4ClF. The van der Waals surface area contributed by atoms with Gasteiger partial charge in [0, 0.05) is 5.02 Å². The van der Waals surface area contributed by atoms with E-state index in [1.807, 2.05) is 0 Å². The Bertz CT molecular complexity index is 234. The molecule has 0 aliphatic rings. The molecule has 2 heteroatoms. The molecule has 0 amide bonds. The lowest BCUT2D eigenvalue weighted by atomic mass is 10.4. The SMILES string of the molecule is [2H]c1c([2H])c(Cl)c([2H])c([2H])c1F. The van der Waals surface area contributed by atoms with Crippen LogP contribution in [0.3, 0.4) is 0 Å². The summed E-state index contributed by atoms with van der Waals surface area (Å²) in [6.07, 6.45) is 0. The molecule has 0 aromatic heterocycles. The van der Waals surface area contributed by atoms with E-state index in [9.17, 15) is 4.39 Å². The highest BCUT2D eigenvalue weighted by Gasteiger charge is 1.85. The standard InChI is InChI=1S/C6H4ClF/c7-5-1-3-6(8)4-2-5/h1-4H/i1D,2D,3D,4D. The predicted octanol–water partition coefficient (Wildman–Crippen LogP) is 2.48. The van der Waals surface area contributed by atoms with Crippen molar-refractivity contribution in [2.24, 2.45) is 0 Å². The van der Waals surface area contributed by atoms with Crippen LogP contribution in [0.2, 0.25) is 5.02 Å². The van der Waals surface area contributed by atoms with Crippen molar-refractivity contribution in [2.45, 2.75) is 0 Å². The van der Waals surface area contributed by atoms with Gasteiger partial charge in [0.05, 0.1) is 5.48 Å². The summed E-state index contributed by atoms with van der Waals surface area (Å²) in [6, 6.07) is -2.56. The molecule has 0 N–H and O–H groups in total. The Labute approximate surface area is 57.5 Å². The Kier molecular flexibility index (Phi) is 0.630. The van der Waals surface area contributed by atoms with Crippen LogP contribution >= 0.6 is 11.6 Å². The van der Waals surface area contributed by atoms with Crippen LogP contribution in [0.15, 0.2) is 24.2 Å². The lowest BCUT2D eigenvalue weighted by molar-refractivity contribution is 0.628. The Morgan fingerprint density at radius 3 is 2.38 bits per heavy atom. The number of halogens is 2. The number of hydrogen-bond acceptors (Lipinski definition) is 0. The number of hydrogen-bond donors (Lipinski definition) is 0. The summed E-state index contributed by atoms with van der Waals surface area (Å²) in [6.45, 7) is 0. The van der Waals surface area contributed by atoms with E-state index in [0.29, 0.717) is 0 Å². The smallest absolute Gasteiger partial charge is 0.123 e. The molecule has 0 radical (unpaired) electrons. The van der Waals surface area contributed by atoms with Gasteiger partial charge in [-0.25, -0.2) is 4.39 Å². The maximum atomic E-state index is 12.8. The fourth-order valence-electron chi connectivity index (χ4n) is 0.282. The van der Waals surface area contributed by atoms with Gasteiger partial charge >= 0.3 is 0 Å². The summed E-state index contributed by atoms with van der Waals surface area (Å²) in [7, 11) is 0. The molecule has 0 aliphatic heterocycles. The molecule has 0 fully saturated rings. The van der Waals surface area contributed by atoms with Crippen LogP contribution in [-0.2, 0) is 0 Å². The van der Waals surface area contributed by atoms with Gasteiger partial charge in [0.2, 0.25) is 0 Å². The fraction of sp³-hybridized carbons (Fsp3) is 0. The van der Waals surface area contributed by atoms with Crippen molar-refractivity contribution in [2.75, 3.05) is 0 Å². The quantitative estimate of drug-likeness (QED) is 0.512. The van der Waals surface area contributed by atoms with E-state index in [2.05, 4.69) is 0 Å². The lowest BCUT2D eigenvalue weighted by Gasteiger charge is -1.84. The van der Waals surface area contributed by atoms with Crippen LogP contribution in [-0.4, -0.2) is 0 Å². The Balaban J connectivity index is 3.60. The lowest BCUT2D eigenvalue weighted by Crippen LogP contribution is -1.67. The normalized spacial score (nSPS) is 16.2. The molecule has 0 aliphatic carbocycles. The van der Waals surface area contributed by atoms with Gasteiger partial charge in [0.15, 0.2) is 0 Å². The number of benzene rings is 1. The first-order valence-electron chi connectivity index (χ1n) is 3.88. The molecule has 1 rings (SSSR count). The van der Waals surface area contributed by atoms with Crippen molar-refractivity contribution in [3.63, 3.8) is 0 Å². The third-order valence-electron chi connectivity index (χ3n) is 0.564. The summed E-state index contributed by atoms with van der Waals surface area (Å²) in [4.78, 5) is 0. The first kappa shape index (κ1) is 2.36. The molecule has 42 valence electrons. The van der Waals surface area contributed by atoms with E-state index >= 15 is 0 Å². The maximum absolute atomic E-state index is 12.8. The second-order valence-electron chi connectivity index (χ2n) is 1.13. The highest BCUT2D eigenvalue weighted by atomic mass is 35.5. The average Bonchev–Trinajstić information content (AvgIpc) is 2.08. The van der Waals surface area contributed by atoms with Gasteiger partial charge in [-0.2, -0.15) is 0 Å². The molecule has 1 aromatic carbocycles. The molecule has 0 bridgehead atoms. The van der Waals surface area contributed by atoms with Crippen molar-refractivity contribution in [1.29, 1.82) is 0 Å². The second-order valence-corrected chi connectivity index (χ2v) is 1.51. The van der Waals surface area contributed by atoms with Crippen molar-refractivity contribution in [3.05, 3.63) is 35.0 Å². The van der Waals surface area contributed by atoms with Gasteiger partial charge in [-0.1, -0.05) is 11.6 Å². The maximum Gasteiger partial charge on any atom is 0.123 e. The Morgan fingerprint density at radius 1 is 1.38 bits per heavy atom. The van der Waals surface area contributed by atoms with Crippen LogP contribution < -0.4 is 0 Å². The Hall–Kier alpha value is -0.560. The van der Waals surface area contributed by atoms with Gasteiger partial charge in [0.25, 0.3) is 0 Å². The van der Waals surface area contributed by atoms with Crippen LogP contribution in [0.4, 0.5) is 4.39 Å². The van der Waals surface area contributed by atoms with Crippen LogP contribution in [0, 0.1) is 5.82 Å². The largest absolute Gasteiger partial charge is 0.207 e. The zero-order valence-corrected chi connectivity index (χ0v) is 4.51. The van der Waals surface area contributed by atoms with Gasteiger partial charge in [-0.15, -0.1) is 0 Å². The topological polar surface area (TPSA) is 0 Å². The average molecular weight is 135 g/mol. The second kappa shape index (κ2) is 2.14. The van der Waals surface area contributed by atoms with E-state index in [4.69, 9.17) is 17.1 Å². The molecule has 0 nitrogen and oxygen atoms in total. The van der Waals surface area contributed by atoms with Gasteiger partial charge in [-0.05, 0) is 24.2 Å². The summed E-state index contributed by atoms with van der Waals surface area (Å²) in [5.41, 5.74) is 0. The molecule has 0 heterocycles. The first-order valence-corrected chi connectivity index (χ1v) is 2.26. The monoisotopic (exact) mass is 134 g/mol. The van der Waals surface area contributed by atoms with Crippen LogP contribution in [0.25, 0.3) is 0 Å². The molecule has 0 atom stereocenters. The van der Waals surface area contributed by atoms with Crippen molar-refractivity contribution in [1.82, 2.24) is 0 Å². The predicted molar refractivity (Wildman–Crippen MR) is 31.4 cm³/mol. The minimum absolute atomic E-state index is 0.355. The van der Waals surface area contributed by atoms with E-state index < -0.39 is 30.0 Å². The van der Waals surface area contributed by atoms with Crippen molar-refractivity contribution < 1.29 is 9.87 Å². The zero-order chi connectivity index (χ0) is 9.46. The molecular weight excluding hydrogens is 127 g/mol. The van der Waals surface area contributed by atoms with E-state index in [1.54, 1.807) is 0 Å². The summed E-state index contributed by atoms with van der Waals surface area (Å²) in [5, 5.41) is -0.355. The minimum atomic E-state index is -1.17. The van der Waals surface area contributed by atoms with Gasteiger partial charge in [0.1, 0.15) is 5.82 Å². The van der Waals surface area contributed by atoms with Gasteiger partial charge < -0.3 is 0 Å². The van der Waals surface area contributed by atoms with Crippen LogP contribution in [0.1, 0.15) is 5.48 Å². The third-order valence-corrected chi connectivity index (χ3v) is 0.753. The fourth-order valence-corrected chi connectivity index (χ4v) is 0.376. The first-order chi connectivity index (χ1) is 5.46. The highest BCUT2D eigenvalue weighted by molar-refractivity contribution is 6.30. The van der Waals surface area contributed by atoms with E-state index in [0.717, 1.165) is 0 Å². The van der Waals surface area contributed by atoms with Crippen molar-refractivity contribution >= 4 is 11.6 Å². The molecule has 0 saturated heterocycles. The zero-order valence-electron chi connectivity index (χ0n) is 7.76. The molecule has 0 unspecified atom stereocenters. The molecule has 0 saturated carbocycles. The molecule has 1 aromatic rings. The van der Waals surface area contributed by atoms with Gasteiger partial charge in [-0.3, -0.25) is 0 Å². The highest BCUT2D eigenvalue weighted by Crippen LogP contribution is 2.07. The van der Waals surface area contributed by atoms with Crippen LogP contribution in [0.5, 0.6) is 0 Å². The summed E-state index contributed by atoms with van der Waals surface area (Å²) < 4.78 is 40.8. The molecule has 8 heavy (non-hydrogen) atoms.